The summed E-state index contributed by atoms with van der Waals surface area (Å²) < 4.78 is 2.20. The monoisotopic (exact) mass is 413 g/mol. The molecule has 2 amide bonds. The van der Waals surface area contributed by atoms with Gasteiger partial charge in [-0.15, -0.1) is 0 Å². The minimum atomic E-state index is -0.301. The third-order valence-electron chi connectivity index (χ3n) is 5.31. The van der Waals surface area contributed by atoms with Crippen molar-refractivity contribution >= 4 is 28.6 Å². The number of benzene rings is 2. The maximum atomic E-state index is 12.4. The molecular weight excluding hydrogens is 386 g/mol. The molecule has 31 heavy (non-hydrogen) atoms. The molecule has 6 heteroatoms. The van der Waals surface area contributed by atoms with E-state index in [0.29, 0.717) is 5.69 Å². The van der Waals surface area contributed by atoms with Gasteiger partial charge in [0.15, 0.2) is 5.65 Å². The highest BCUT2D eigenvalue weighted by atomic mass is 16.2. The molecule has 2 aromatic heterocycles. The molecule has 4 aromatic rings. The van der Waals surface area contributed by atoms with Crippen LogP contribution in [0.2, 0.25) is 0 Å². The highest BCUT2D eigenvalue weighted by Crippen LogP contribution is 2.26. The van der Waals surface area contributed by atoms with Gasteiger partial charge < -0.3 is 15.2 Å². The first-order valence-corrected chi connectivity index (χ1v) is 10.7. The van der Waals surface area contributed by atoms with Gasteiger partial charge in [-0.1, -0.05) is 61.9 Å². The van der Waals surface area contributed by atoms with Crippen LogP contribution in [0, 0.1) is 6.92 Å². The summed E-state index contributed by atoms with van der Waals surface area (Å²) in [4.78, 5) is 22.1. The van der Waals surface area contributed by atoms with Gasteiger partial charge in [-0.25, -0.2) is 14.8 Å². The lowest BCUT2D eigenvalue weighted by Crippen LogP contribution is -2.20. The fraction of sp³-hybridized carbons (Fsp3) is 0.240. The Hall–Kier alpha value is -3.67. The number of anilines is 2. The molecule has 0 saturated carbocycles. The first-order chi connectivity index (χ1) is 15.2. The molecular formula is C25H27N5O. The van der Waals surface area contributed by atoms with Crippen molar-refractivity contribution in [2.75, 3.05) is 10.6 Å². The molecule has 0 aliphatic heterocycles. The number of imidazole rings is 1. The van der Waals surface area contributed by atoms with Gasteiger partial charge >= 0.3 is 6.03 Å². The molecule has 158 valence electrons. The van der Waals surface area contributed by atoms with E-state index in [2.05, 4.69) is 39.2 Å². The van der Waals surface area contributed by atoms with E-state index in [1.165, 1.54) is 5.56 Å². The van der Waals surface area contributed by atoms with Gasteiger partial charge in [0.2, 0.25) is 0 Å². The second kappa shape index (κ2) is 9.43. The maximum Gasteiger partial charge on any atom is 0.323 e. The number of nitrogens with one attached hydrogen (secondary N) is 2. The number of urea groups is 1. The van der Waals surface area contributed by atoms with E-state index >= 15 is 0 Å². The topological polar surface area (TPSA) is 71.8 Å². The Morgan fingerprint density at radius 2 is 1.71 bits per heavy atom. The Balaban J connectivity index is 1.64. The largest absolute Gasteiger partial charge is 0.323 e. The summed E-state index contributed by atoms with van der Waals surface area (Å²) in [5.74, 6) is 1.03. The molecule has 4 rings (SSSR count). The summed E-state index contributed by atoms with van der Waals surface area (Å²) in [7, 11) is 0. The number of aryl methyl sites for hydroxylation is 2. The maximum absolute atomic E-state index is 12.4. The molecule has 0 spiro atoms. The van der Waals surface area contributed by atoms with Crippen LogP contribution in [-0.4, -0.2) is 20.6 Å². The second-order valence-electron chi connectivity index (χ2n) is 7.62. The quantitative estimate of drug-likeness (QED) is 0.404. The third kappa shape index (κ3) is 4.74. The fourth-order valence-corrected chi connectivity index (χ4v) is 3.61. The van der Waals surface area contributed by atoms with E-state index in [0.717, 1.165) is 54.0 Å². The van der Waals surface area contributed by atoms with Gasteiger partial charge in [-0.3, -0.25) is 0 Å². The number of rotatable bonds is 7. The molecule has 0 unspecified atom stereocenters. The smallest absolute Gasteiger partial charge is 0.308 e. The summed E-state index contributed by atoms with van der Waals surface area (Å²) >= 11 is 0. The van der Waals surface area contributed by atoms with Gasteiger partial charge in [0.1, 0.15) is 11.3 Å². The Kier molecular flexibility index (Phi) is 6.26. The fourth-order valence-electron chi connectivity index (χ4n) is 3.61. The Morgan fingerprint density at radius 3 is 2.42 bits per heavy atom. The molecule has 0 radical (unpaired) electrons. The number of fused-ring (bicyclic) bond motifs is 1. The summed E-state index contributed by atoms with van der Waals surface area (Å²) in [6, 6.07) is 19.4. The van der Waals surface area contributed by atoms with Crippen LogP contribution in [0.3, 0.4) is 0 Å². The predicted molar refractivity (Wildman–Crippen MR) is 126 cm³/mol. The summed E-state index contributed by atoms with van der Waals surface area (Å²) in [5, 5.41) is 5.75. The van der Waals surface area contributed by atoms with Crippen LogP contribution < -0.4 is 10.6 Å². The van der Waals surface area contributed by atoms with E-state index in [9.17, 15) is 4.79 Å². The van der Waals surface area contributed by atoms with Gasteiger partial charge in [-0.2, -0.15) is 0 Å². The number of carbonyl (C=O) groups is 1. The summed E-state index contributed by atoms with van der Waals surface area (Å²) in [6.07, 6.45) is 4.79. The molecule has 0 bridgehead atoms. The van der Waals surface area contributed by atoms with Crippen LogP contribution in [0.15, 0.2) is 66.9 Å². The van der Waals surface area contributed by atoms with Gasteiger partial charge in [0, 0.05) is 17.7 Å². The van der Waals surface area contributed by atoms with Crippen LogP contribution in [0.1, 0.15) is 36.7 Å². The standard InChI is InChI=1S/C25H27N5O/c1-3-4-15-22-29-23-18(2)21(28-25(31)27-20-13-9-6-10-14-20)16-26-24(23)30(22)17-19-11-7-5-8-12-19/h5-14,16H,3-4,15,17H2,1-2H3,(H2,27,28,31). The number of aromatic nitrogens is 3. The zero-order chi connectivity index (χ0) is 21.6. The van der Waals surface area contributed by atoms with Crippen molar-refractivity contribution in [3.8, 4) is 0 Å². The van der Waals surface area contributed by atoms with E-state index < -0.39 is 0 Å². The zero-order valence-electron chi connectivity index (χ0n) is 17.9. The lowest BCUT2D eigenvalue weighted by Gasteiger charge is -2.11. The molecule has 2 N–H and O–H groups in total. The van der Waals surface area contributed by atoms with Crippen molar-refractivity contribution in [2.45, 2.75) is 39.7 Å². The summed E-state index contributed by atoms with van der Waals surface area (Å²) in [5.41, 5.74) is 5.20. The normalized spacial score (nSPS) is 10.9. The Morgan fingerprint density at radius 1 is 1.00 bits per heavy atom. The van der Waals surface area contributed by atoms with Gasteiger partial charge in [0.05, 0.1) is 18.4 Å². The van der Waals surface area contributed by atoms with Crippen molar-refractivity contribution < 1.29 is 4.79 Å². The lowest BCUT2D eigenvalue weighted by atomic mass is 10.2. The van der Waals surface area contributed by atoms with Crippen molar-refractivity contribution in [3.05, 3.63) is 83.8 Å². The lowest BCUT2D eigenvalue weighted by molar-refractivity contribution is 0.262. The number of para-hydroxylation sites is 1. The molecule has 0 atom stereocenters. The number of unbranched alkanes of at least 4 members (excludes halogenated alkanes) is 1. The van der Waals surface area contributed by atoms with Crippen molar-refractivity contribution in [3.63, 3.8) is 0 Å². The average molecular weight is 414 g/mol. The highest BCUT2D eigenvalue weighted by molar-refractivity contribution is 6.01. The van der Waals surface area contributed by atoms with Gasteiger partial charge in [0.25, 0.3) is 0 Å². The second-order valence-corrected chi connectivity index (χ2v) is 7.62. The van der Waals surface area contributed by atoms with Crippen LogP contribution in [0.5, 0.6) is 0 Å². The molecule has 6 nitrogen and oxygen atoms in total. The third-order valence-corrected chi connectivity index (χ3v) is 5.31. The minimum Gasteiger partial charge on any atom is -0.308 e. The van der Waals surface area contributed by atoms with E-state index in [4.69, 9.17) is 4.98 Å². The van der Waals surface area contributed by atoms with Crippen molar-refractivity contribution in [2.24, 2.45) is 0 Å². The van der Waals surface area contributed by atoms with Crippen LogP contribution >= 0.6 is 0 Å². The number of amides is 2. The zero-order valence-corrected chi connectivity index (χ0v) is 17.9. The van der Waals surface area contributed by atoms with Crippen molar-refractivity contribution in [1.82, 2.24) is 14.5 Å². The SMILES string of the molecule is CCCCc1nc2c(C)c(NC(=O)Nc3ccccc3)cnc2n1Cc1ccccc1. The van der Waals surface area contributed by atoms with Crippen LogP contribution in [0.25, 0.3) is 11.2 Å². The minimum absolute atomic E-state index is 0.301. The van der Waals surface area contributed by atoms with Crippen LogP contribution in [0.4, 0.5) is 16.2 Å². The number of hydrogen-bond acceptors (Lipinski definition) is 3. The number of nitrogens with zero attached hydrogens (tertiary/aromatic N) is 3. The number of hydrogen-bond donors (Lipinski definition) is 2. The Bertz CT molecular complexity index is 1170. The van der Waals surface area contributed by atoms with E-state index in [-0.39, 0.29) is 6.03 Å². The number of pyridine rings is 1. The average Bonchev–Trinajstić information content (AvgIpc) is 3.13. The van der Waals surface area contributed by atoms with Crippen molar-refractivity contribution in [1.29, 1.82) is 0 Å². The molecule has 2 aromatic carbocycles. The molecule has 0 fully saturated rings. The molecule has 0 aliphatic carbocycles. The van der Waals surface area contributed by atoms with E-state index in [1.807, 2.05) is 55.5 Å². The van der Waals surface area contributed by atoms with Crippen LogP contribution in [-0.2, 0) is 13.0 Å². The van der Waals surface area contributed by atoms with Gasteiger partial charge in [-0.05, 0) is 31.0 Å². The highest BCUT2D eigenvalue weighted by Gasteiger charge is 2.17. The first kappa shape index (κ1) is 20.6. The predicted octanol–water partition coefficient (Wildman–Crippen LogP) is 5.77. The first-order valence-electron chi connectivity index (χ1n) is 10.7. The Labute approximate surface area is 182 Å². The molecule has 0 saturated heterocycles. The molecule has 2 heterocycles. The number of carbonyl (C=O) groups excluding carboxylic acids is 1. The molecule has 0 aliphatic rings. The van der Waals surface area contributed by atoms with E-state index in [1.54, 1.807) is 6.20 Å². The summed E-state index contributed by atoms with van der Waals surface area (Å²) in [6.45, 7) is 4.89.